The number of carbonyl (C=O) groups excluding carboxylic acids is 1. The van der Waals surface area contributed by atoms with Crippen molar-refractivity contribution >= 4 is 23.3 Å². The van der Waals surface area contributed by atoms with Gasteiger partial charge in [-0.1, -0.05) is 12.1 Å². The van der Waals surface area contributed by atoms with Crippen LogP contribution in [0.3, 0.4) is 0 Å². The summed E-state index contributed by atoms with van der Waals surface area (Å²) in [6.07, 6.45) is 5.46. The summed E-state index contributed by atoms with van der Waals surface area (Å²) in [5.74, 6) is -0.349. The summed E-state index contributed by atoms with van der Waals surface area (Å²) in [6, 6.07) is 19.5. The monoisotopic (exact) mass is 497 g/mol. The van der Waals surface area contributed by atoms with Crippen LogP contribution in [0.1, 0.15) is 50.7 Å². The van der Waals surface area contributed by atoms with E-state index in [0.717, 1.165) is 33.9 Å². The van der Waals surface area contributed by atoms with E-state index in [4.69, 9.17) is 17.0 Å². The molecule has 2 unspecified atom stereocenters. The number of aromatic nitrogens is 3. The van der Waals surface area contributed by atoms with E-state index in [0.29, 0.717) is 17.2 Å². The number of nitrogens with zero attached hydrogens (tertiary/aromatic N) is 4. The zero-order valence-corrected chi connectivity index (χ0v) is 21.2. The molecule has 5 rings (SSSR count). The fourth-order valence-corrected chi connectivity index (χ4v) is 5.26. The third kappa shape index (κ3) is 4.35. The average molecular weight is 498 g/mol. The normalized spacial score (nSPS) is 17.2. The molecule has 0 spiro atoms. The molecule has 1 N–H and O–H groups in total. The van der Waals surface area contributed by atoms with Gasteiger partial charge < -0.3 is 19.5 Å². The van der Waals surface area contributed by atoms with E-state index < -0.39 is 0 Å². The summed E-state index contributed by atoms with van der Waals surface area (Å²) in [5, 5.41) is 4.21. The van der Waals surface area contributed by atoms with Gasteiger partial charge in [0.2, 0.25) is 0 Å². The molecule has 2 atom stereocenters. The first-order chi connectivity index (χ1) is 17.5. The minimum Gasteiger partial charge on any atom is -0.465 e. The minimum atomic E-state index is -0.349. The number of carbonyl (C=O) groups is 1. The highest BCUT2D eigenvalue weighted by atomic mass is 32.1. The first kappa shape index (κ1) is 23.7. The summed E-state index contributed by atoms with van der Waals surface area (Å²) in [5.41, 5.74) is 6.87. The van der Waals surface area contributed by atoms with Crippen LogP contribution < -0.4 is 5.32 Å². The number of nitrogens with one attached hydrogen (secondary N) is 1. The Kier molecular flexibility index (Phi) is 6.52. The Morgan fingerprint density at radius 1 is 1.08 bits per heavy atom. The fourth-order valence-electron chi connectivity index (χ4n) is 4.95. The smallest absolute Gasteiger partial charge is 0.337 e. The van der Waals surface area contributed by atoms with E-state index >= 15 is 0 Å². The number of aryl methyl sites for hydroxylation is 1. The van der Waals surface area contributed by atoms with Crippen LogP contribution in [0.25, 0.3) is 5.69 Å². The van der Waals surface area contributed by atoms with Crippen molar-refractivity contribution in [2.24, 2.45) is 0 Å². The van der Waals surface area contributed by atoms with Gasteiger partial charge in [-0.05, 0) is 85.7 Å². The quantitative estimate of drug-likeness (QED) is 0.302. The van der Waals surface area contributed by atoms with E-state index in [1.807, 2.05) is 48.8 Å². The largest absolute Gasteiger partial charge is 0.465 e. The topological polar surface area (TPSA) is 72.3 Å². The van der Waals surface area contributed by atoms with Crippen molar-refractivity contribution in [1.29, 1.82) is 0 Å². The SMILES string of the molecule is COC(=O)c1ccc(-n2c(C)cc(C3C(c4ccccn4)NC(=S)N3Cc3cccnc3)c2C)cc1. The van der Waals surface area contributed by atoms with Crippen LogP contribution in [-0.2, 0) is 11.3 Å². The number of benzene rings is 1. The van der Waals surface area contributed by atoms with Crippen molar-refractivity contribution in [2.75, 3.05) is 7.11 Å². The Balaban J connectivity index is 1.58. The van der Waals surface area contributed by atoms with Crippen molar-refractivity contribution in [3.05, 3.63) is 113 Å². The molecule has 0 amide bonds. The van der Waals surface area contributed by atoms with Gasteiger partial charge >= 0.3 is 5.97 Å². The van der Waals surface area contributed by atoms with Gasteiger partial charge in [-0.15, -0.1) is 0 Å². The standard InChI is InChI=1S/C28H27N5O2S/c1-18-15-23(19(2)33(18)22-11-9-21(10-12-22)27(34)35-3)26-25(24-8-4-5-14-30-24)31-28(36)32(26)17-20-7-6-13-29-16-20/h4-16,25-26H,17H2,1-3H3,(H,31,36). The molecule has 1 aliphatic heterocycles. The Morgan fingerprint density at radius 3 is 2.56 bits per heavy atom. The highest BCUT2D eigenvalue weighted by Crippen LogP contribution is 2.42. The highest BCUT2D eigenvalue weighted by Gasteiger charge is 2.41. The summed E-state index contributed by atoms with van der Waals surface area (Å²) in [4.78, 5) is 23.1. The van der Waals surface area contributed by atoms with Crippen LogP contribution in [0.2, 0.25) is 0 Å². The molecule has 1 fully saturated rings. The molecule has 0 radical (unpaired) electrons. The van der Waals surface area contributed by atoms with Gasteiger partial charge in [-0.25, -0.2) is 4.79 Å². The number of esters is 1. The van der Waals surface area contributed by atoms with Crippen LogP contribution in [-0.4, -0.2) is 37.6 Å². The minimum absolute atomic E-state index is 0.0677. The van der Waals surface area contributed by atoms with Gasteiger partial charge in [0.1, 0.15) is 0 Å². The van der Waals surface area contributed by atoms with Crippen LogP contribution in [0, 0.1) is 13.8 Å². The zero-order valence-electron chi connectivity index (χ0n) is 20.4. The van der Waals surface area contributed by atoms with Crippen LogP contribution in [0.4, 0.5) is 0 Å². The van der Waals surface area contributed by atoms with Gasteiger partial charge in [0.25, 0.3) is 0 Å². The second-order valence-corrected chi connectivity index (χ2v) is 9.20. The van der Waals surface area contributed by atoms with Crippen molar-refractivity contribution in [1.82, 2.24) is 24.8 Å². The summed E-state index contributed by atoms with van der Waals surface area (Å²) in [7, 11) is 1.39. The van der Waals surface area contributed by atoms with Crippen LogP contribution >= 0.6 is 12.2 Å². The van der Waals surface area contributed by atoms with Gasteiger partial charge in [0.15, 0.2) is 5.11 Å². The van der Waals surface area contributed by atoms with Crippen LogP contribution in [0.5, 0.6) is 0 Å². The zero-order chi connectivity index (χ0) is 25.2. The maximum absolute atomic E-state index is 11.9. The van der Waals surface area contributed by atoms with Gasteiger partial charge in [0.05, 0.1) is 30.5 Å². The third-order valence-electron chi connectivity index (χ3n) is 6.61. The molecule has 1 aliphatic rings. The second-order valence-electron chi connectivity index (χ2n) is 8.82. The Bertz CT molecular complexity index is 1390. The second kappa shape index (κ2) is 9.91. The Labute approximate surface area is 215 Å². The van der Waals surface area contributed by atoms with Gasteiger partial charge in [-0.2, -0.15) is 0 Å². The van der Waals surface area contributed by atoms with Crippen LogP contribution in [0.15, 0.2) is 79.3 Å². The van der Waals surface area contributed by atoms with E-state index in [-0.39, 0.29) is 18.1 Å². The number of rotatable bonds is 6. The Morgan fingerprint density at radius 2 is 1.89 bits per heavy atom. The molecule has 36 heavy (non-hydrogen) atoms. The summed E-state index contributed by atoms with van der Waals surface area (Å²) >= 11 is 5.84. The maximum Gasteiger partial charge on any atom is 0.337 e. The lowest BCUT2D eigenvalue weighted by molar-refractivity contribution is 0.0600. The molecular formula is C28H27N5O2S. The first-order valence-corrected chi connectivity index (χ1v) is 12.1. The van der Waals surface area contributed by atoms with Crippen molar-refractivity contribution in [2.45, 2.75) is 32.5 Å². The third-order valence-corrected chi connectivity index (χ3v) is 6.96. The van der Waals surface area contributed by atoms with Crippen molar-refractivity contribution < 1.29 is 9.53 Å². The van der Waals surface area contributed by atoms with E-state index in [1.54, 1.807) is 18.3 Å². The number of thiocarbonyl (C=S) groups is 1. The van der Waals surface area contributed by atoms with Crippen molar-refractivity contribution in [3.63, 3.8) is 0 Å². The van der Waals surface area contributed by atoms with Gasteiger partial charge in [0, 0.05) is 42.2 Å². The molecule has 0 bridgehead atoms. The predicted molar refractivity (Wildman–Crippen MR) is 142 cm³/mol. The maximum atomic E-state index is 11.9. The van der Waals surface area contributed by atoms with Crippen molar-refractivity contribution in [3.8, 4) is 5.69 Å². The number of pyridine rings is 2. The summed E-state index contributed by atoms with van der Waals surface area (Å²) < 4.78 is 7.05. The highest BCUT2D eigenvalue weighted by molar-refractivity contribution is 7.80. The lowest BCUT2D eigenvalue weighted by Gasteiger charge is -2.28. The predicted octanol–water partition coefficient (Wildman–Crippen LogP) is 4.84. The molecule has 3 aromatic heterocycles. The fraction of sp³-hybridized carbons (Fsp3) is 0.214. The molecule has 1 aromatic carbocycles. The van der Waals surface area contributed by atoms with E-state index in [9.17, 15) is 4.79 Å². The first-order valence-electron chi connectivity index (χ1n) is 11.7. The number of hydrogen-bond donors (Lipinski definition) is 1. The molecule has 4 heterocycles. The molecule has 0 saturated carbocycles. The summed E-state index contributed by atoms with van der Waals surface area (Å²) in [6.45, 7) is 4.84. The average Bonchev–Trinajstić information content (AvgIpc) is 3.39. The number of ether oxygens (including phenoxy) is 1. The molecule has 7 nitrogen and oxygen atoms in total. The molecule has 8 heteroatoms. The van der Waals surface area contributed by atoms with E-state index in [1.165, 1.54) is 7.11 Å². The Hall–Kier alpha value is -4.04. The number of hydrogen-bond acceptors (Lipinski definition) is 5. The molecule has 1 saturated heterocycles. The lowest BCUT2D eigenvalue weighted by atomic mass is 9.96. The lowest BCUT2D eigenvalue weighted by Crippen LogP contribution is -2.29. The molecule has 182 valence electrons. The number of methoxy groups -OCH3 is 1. The molecule has 4 aromatic rings. The molecule has 0 aliphatic carbocycles. The molecular weight excluding hydrogens is 470 g/mol. The van der Waals surface area contributed by atoms with E-state index in [2.05, 4.69) is 50.7 Å². The van der Waals surface area contributed by atoms with Gasteiger partial charge in [-0.3, -0.25) is 9.97 Å².